The summed E-state index contributed by atoms with van der Waals surface area (Å²) < 4.78 is 7.19. The van der Waals surface area contributed by atoms with Crippen molar-refractivity contribution in [1.29, 1.82) is 0 Å². The fraction of sp³-hybridized carbons (Fsp3) is 0.529. The van der Waals surface area contributed by atoms with Crippen molar-refractivity contribution < 1.29 is 4.74 Å². The van der Waals surface area contributed by atoms with Crippen molar-refractivity contribution in [3.05, 3.63) is 40.2 Å². The lowest BCUT2D eigenvalue weighted by molar-refractivity contribution is 0.0374. The van der Waals surface area contributed by atoms with E-state index in [0.29, 0.717) is 6.61 Å². The number of aryl methyl sites for hydroxylation is 2. The Morgan fingerprint density at radius 3 is 3.00 bits per heavy atom. The lowest BCUT2D eigenvalue weighted by Gasteiger charge is -2.34. The van der Waals surface area contributed by atoms with Gasteiger partial charge >= 0.3 is 0 Å². The molecule has 0 unspecified atom stereocenters. The normalized spacial score (nSPS) is 17.6. The van der Waals surface area contributed by atoms with Crippen LogP contribution in [0.3, 0.4) is 0 Å². The molecule has 3 rings (SSSR count). The summed E-state index contributed by atoms with van der Waals surface area (Å²) in [4.78, 5) is 22.4. The largest absolute Gasteiger partial charge is 0.374 e. The Bertz CT molecular complexity index is 791. The number of rotatable bonds is 5. The van der Waals surface area contributed by atoms with Crippen LogP contribution in [0.15, 0.2) is 23.4 Å². The number of nitrogens with zero attached hydrogens (tertiary/aromatic N) is 5. The molecule has 0 aliphatic carbocycles. The van der Waals surface area contributed by atoms with Crippen molar-refractivity contribution in [1.82, 2.24) is 19.7 Å². The second-order valence-electron chi connectivity index (χ2n) is 6.26. The van der Waals surface area contributed by atoms with Crippen molar-refractivity contribution in [2.75, 3.05) is 36.5 Å². The van der Waals surface area contributed by atoms with Gasteiger partial charge in [-0.1, -0.05) is 0 Å². The number of anilines is 2. The fourth-order valence-electron chi connectivity index (χ4n) is 2.83. The summed E-state index contributed by atoms with van der Waals surface area (Å²) in [6.45, 7) is 6.92. The van der Waals surface area contributed by atoms with Gasteiger partial charge in [0.15, 0.2) is 0 Å². The molecule has 0 bridgehead atoms. The van der Waals surface area contributed by atoms with Crippen LogP contribution in [0.1, 0.15) is 17.7 Å². The molecule has 3 heterocycles. The molecule has 1 saturated heterocycles. The first-order chi connectivity index (χ1) is 12.0. The Labute approximate surface area is 146 Å². The molecule has 0 saturated carbocycles. The summed E-state index contributed by atoms with van der Waals surface area (Å²) in [6.07, 6.45) is 4.27. The van der Waals surface area contributed by atoms with Gasteiger partial charge in [-0.2, -0.15) is 5.10 Å². The maximum absolute atomic E-state index is 11.8. The predicted octanol–water partition coefficient (Wildman–Crippen LogP) is 0.895. The minimum atomic E-state index is -0.100. The first-order valence-corrected chi connectivity index (χ1v) is 8.46. The van der Waals surface area contributed by atoms with Crippen LogP contribution in [-0.4, -0.2) is 52.1 Å². The lowest BCUT2D eigenvalue weighted by atomic mass is 10.2. The van der Waals surface area contributed by atoms with Crippen molar-refractivity contribution in [3.63, 3.8) is 0 Å². The molecule has 25 heavy (non-hydrogen) atoms. The molecule has 8 nitrogen and oxygen atoms in total. The van der Waals surface area contributed by atoms with Gasteiger partial charge in [-0.15, -0.1) is 0 Å². The Morgan fingerprint density at radius 1 is 1.36 bits per heavy atom. The molecule has 1 fully saturated rings. The molecule has 1 aliphatic rings. The molecule has 1 aliphatic heterocycles. The van der Waals surface area contributed by atoms with Gasteiger partial charge in [-0.05, 0) is 20.3 Å². The summed E-state index contributed by atoms with van der Waals surface area (Å²) in [7, 11) is 1.65. The van der Waals surface area contributed by atoms with E-state index in [1.807, 2.05) is 13.8 Å². The predicted molar refractivity (Wildman–Crippen MR) is 96.0 cm³/mol. The summed E-state index contributed by atoms with van der Waals surface area (Å²) >= 11 is 0. The quantitative estimate of drug-likeness (QED) is 0.862. The monoisotopic (exact) mass is 344 g/mol. The van der Waals surface area contributed by atoms with E-state index in [-0.39, 0.29) is 11.7 Å². The Balaban J connectivity index is 1.56. The van der Waals surface area contributed by atoms with Crippen LogP contribution in [0, 0.1) is 13.8 Å². The highest BCUT2D eigenvalue weighted by molar-refractivity contribution is 5.45. The third kappa shape index (κ3) is 4.14. The van der Waals surface area contributed by atoms with Crippen LogP contribution >= 0.6 is 0 Å². The summed E-state index contributed by atoms with van der Waals surface area (Å²) in [5, 5.41) is 7.45. The lowest BCUT2D eigenvalue weighted by Crippen LogP contribution is -2.43. The maximum Gasteiger partial charge on any atom is 0.268 e. The second-order valence-corrected chi connectivity index (χ2v) is 6.26. The van der Waals surface area contributed by atoms with E-state index >= 15 is 0 Å². The van der Waals surface area contributed by atoms with Gasteiger partial charge in [0.1, 0.15) is 12.1 Å². The molecular weight excluding hydrogens is 320 g/mol. The van der Waals surface area contributed by atoms with E-state index in [1.165, 1.54) is 4.68 Å². The number of morpholine rings is 1. The summed E-state index contributed by atoms with van der Waals surface area (Å²) in [5.41, 5.74) is 2.80. The molecule has 1 N–H and O–H groups in total. The van der Waals surface area contributed by atoms with Crippen LogP contribution in [0.4, 0.5) is 11.5 Å². The van der Waals surface area contributed by atoms with Gasteiger partial charge in [0.25, 0.3) is 5.56 Å². The highest BCUT2D eigenvalue weighted by Gasteiger charge is 2.21. The number of ether oxygens (including phenoxy) is 1. The first kappa shape index (κ1) is 17.3. The molecule has 0 radical (unpaired) electrons. The zero-order chi connectivity index (χ0) is 17.8. The Morgan fingerprint density at radius 2 is 2.20 bits per heavy atom. The molecular formula is C17H24N6O2. The van der Waals surface area contributed by atoms with E-state index in [9.17, 15) is 4.79 Å². The number of hydrogen-bond acceptors (Lipinski definition) is 7. The van der Waals surface area contributed by atoms with Crippen molar-refractivity contribution in [2.24, 2.45) is 7.05 Å². The Hall–Kier alpha value is -2.48. The molecule has 2 aromatic rings. The molecule has 2 aromatic heterocycles. The third-order valence-corrected chi connectivity index (χ3v) is 4.55. The van der Waals surface area contributed by atoms with Crippen molar-refractivity contribution in [2.45, 2.75) is 26.4 Å². The first-order valence-electron chi connectivity index (χ1n) is 8.46. The average Bonchev–Trinajstić information content (AvgIpc) is 2.61. The maximum atomic E-state index is 11.8. The van der Waals surface area contributed by atoms with Gasteiger partial charge < -0.3 is 15.0 Å². The average molecular weight is 344 g/mol. The molecule has 0 amide bonds. The number of hydrogen-bond donors (Lipinski definition) is 1. The van der Waals surface area contributed by atoms with Crippen LogP contribution in [0.2, 0.25) is 0 Å². The minimum Gasteiger partial charge on any atom is -0.374 e. The molecule has 0 aromatic carbocycles. The van der Waals surface area contributed by atoms with E-state index in [2.05, 4.69) is 25.3 Å². The minimum absolute atomic E-state index is 0.100. The summed E-state index contributed by atoms with van der Waals surface area (Å²) in [5.74, 6) is 0.871. The van der Waals surface area contributed by atoms with Crippen molar-refractivity contribution >= 4 is 11.5 Å². The van der Waals surface area contributed by atoms with Crippen LogP contribution in [0.5, 0.6) is 0 Å². The third-order valence-electron chi connectivity index (χ3n) is 4.55. The molecule has 1 atom stereocenters. The van der Waals surface area contributed by atoms with E-state index in [4.69, 9.17) is 4.74 Å². The molecule has 0 spiro atoms. The van der Waals surface area contributed by atoms with E-state index in [1.54, 1.807) is 25.6 Å². The highest BCUT2D eigenvalue weighted by Crippen LogP contribution is 2.17. The van der Waals surface area contributed by atoms with Crippen molar-refractivity contribution in [3.8, 4) is 0 Å². The Kier molecular flexibility index (Phi) is 5.28. The standard InChI is InChI=1S/C17H24N6O2/c1-12-13(2)19-11-20-17(12)18-5-4-15-10-23(6-7-25-15)14-8-16(24)22(3)21-9-14/h8-9,11,15H,4-7,10H2,1-3H3,(H,18,19,20)/t15-/m0/s1. The second kappa shape index (κ2) is 7.60. The molecule has 134 valence electrons. The fourth-order valence-corrected chi connectivity index (χ4v) is 2.83. The van der Waals surface area contributed by atoms with Crippen LogP contribution in [-0.2, 0) is 11.8 Å². The van der Waals surface area contributed by atoms with Gasteiger partial charge in [0, 0.05) is 44.0 Å². The van der Waals surface area contributed by atoms with Gasteiger partial charge in [-0.3, -0.25) is 4.79 Å². The van der Waals surface area contributed by atoms with Crippen LogP contribution < -0.4 is 15.8 Å². The van der Waals surface area contributed by atoms with Gasteiger partial charge in [0.05, 0.1) is 24.6 Å². The number of aromatic nitrogens is 4. The van der Waals surface area contributed by atoms with Gasteiger partial charge in [-0.25, -0.2) is 14.6 Å². The zero-order valence-electron chi connectivity index (χ0n) is 14.9. The molecule has 8 heteroatoms. The zero-order valence-corrected chi connectivity index (χ0v) is 14.9. The smallest absolute Gasteiger partial charge is 0.268 e. The van der Waals surface area contributed by atoms with E-state index < -0.39 is 0 Å². The van der Waals surface area contributed by atoms with E-state index in [0.717, 1.165) is 48.8 Å². The number of nitrogens with one attached hydrogen (secondary N) is 1. The highest BCUT2D eigenvalue weighted by atomic mass is 16.5. The van der Waals surface area contributed by atoms with Gasteiger partial charge in [0.2, 0.25) is 0 Å². The summed E-state index contributed by atoms with van der Waals surface area (Å²) in [6, 6.07) is 1.63. The SMILES string of the molecule is Cc1ncnc(NCC[C@H]2CN(c3cnn(C)c(=O)c3)CCO2)c1C. The topological polar surface area (TPSA) is 85.2 Å². The van der Waals surface area contributed by atoms with Crippen LogP contribution in [0.25, 0.3) is 0 Å².